The molecule has 0 bridgehead atoms. The number of ether oxygens (including phenoxy) is 1. The van der Waals surface area contributed by atoms with Crippen molar-refractivity contribution in [2.75, 3.05) is 13.1 Å². The highest BCUT2D eigenvalue weighted by molar-refractivity contribution is 7.19. The number of nitrogens with zero attached hydrogens (tertiary/aromatic N) is 3. The normalized spacial score (nSPS) is 15.0. The van der Waals surface area contributed by atoms with Crippen molar-refractivity contribution in [3.63, 3.8) is 0 Å². The van der Waals surface area contributed by atoms with Crippen molar-refractivity contribution in [1.82, 2.24) is 14.6 Å². The van der Waals surface area contributed by atoms with Crippen molar-refractivity contribution >= 4 is 39.8 Å². The Morgan fingerprint density at radius 3 is 2.54 bits per heavy atom. The van der Waals surface area contributed by atoms with Gasteiger partial charge in [-0.05, 0) is 63.3 Å². The van der Waals surface area contributed by atoms with Crippen LogP contribution >= 0.6 is 22.9 Å². The summed E-state index contributed by atoms with van der Waals surface area (Å²) in [5.41, 5.74) is 8.23. The van der Waals surface area contributed by atoms with Crippen molar-refractivity contribution in [1.29, 1.82) is 0 Å². The first-order chi connectivity index (χ1) is 18.4. The number of hydrogen-bond donors (Lipinski definition) is 1. The molecular formula is C26H27ClF3N4O4S-. The molecule has 1 aliphatic heterocycles. The fourth-order valence-electron chi connectivity index (χ4n) is 4.32. The SMILES string of the molecule is CC(C)N1CCC([NH-])CC1.O=C(O)c1cc2cc(OC(F)(F)F)ccc2n1Cc1cc(-c2ccc(Cl)s2)on1. The molecule has 1 aromatic carbocycles. The Hall–Kier alpha value is -3.06. The highest BCUT2D eigenvalue weighted by Crippen LogP contribution is 2.33. The first-order valence-electron chi connectivity index (χ1n) is 12.2. The molecule has 0 saturated carbocycles. The molecule has 4 aromatic rings. The summed E-state index contributed by atoms with van der Waals surface area (Å²) in [6.45, 7) is 6.76. The third kappa shape index (κ3) is 7.53. The van der Waals surface area contributed by atoms with Crippen molar-refractivity contribution in [2.24, 2.45) is 0 Å². The maximum atomic E-state index is 12.4. The van der Waals surface area contributed by atoms with Gasteiger partial charge < -0.3 is 29.6 Å². The van der Waals surface area contributed by atoms with E-state index < -0.39 is 18.1 Å². The zero-order valence-corrected chi connectivity index (χ0v) is 22.7. The first-order valence-corrected chi connectivity index (χ1v) is 13.4. The van der Waals surface area contributed by atoms with Crippen LogP contribution in [0.1, 0.15) is 42.9 Å². The van der Waals surface area contributed by atoms with Crippen LogP contribution in [0.4, 0.5) is 13.2 Å². The van der Waals surface area contributed by atoms with Gasteiger partial charge in [0.1, 0.15) is 17.1 Å². The Kier molecular flexibility index (Phi) is 8.90. The molecule has 3 aromatic heterocycles. The number of fused-ring (bicyclic) bond motifs is 1. The molecule has 1 aliphatic rings. The van der Waals surface area contributed by atoms with Gasteiger partial charge in [-0.1, -0.05) is 29.6 Å². The van der Waals surface area contributed by atoms with Gasteiger partial charge >= 0.3 is 12.3 Å². The third-order valence-corrected chi connectivity index (χ3v) is 7.53. The van der Waals surface area contributed by atoms with Gasteiger partial charge in [-0.25, -0.2) is 4.79 Å². The van der Waals surface area contributed by atoms with Crippen LogP contribution in [0.2, 0.25) is 4.34 Å². The largest absolute Gasteiger partial charge is 0.675 e. The van der Waals surface area contributed by atoms with E-state index in [1.807, 2.05) is 0 Å². The van der Waals surface area contributed by atoms with Crippen molar-refractivity contribution in [3.05, 3.63) is 63.9 Å². The zero-order valence-electron chi connectivity index (χ0n) is 21.2. The van der Waals surface area contributed by atoms with E-state index in [0.717, 1.165) is 42.9 Å². The molecule has 8 nitrogen and oxygen atoms in total. The summed E-state index contributed by atoms with van der Waals surface area (Å²) < 4.78 is 48.5. The van der Waals surface area contributed by atoms with Crippen LogP contribution in [0.3, 0.4) is 0 Å². The quantitative estimate of drug-likeness (QED) is 0.251. The molecule has 0 amide bonds. The number of hydrogen-bond acceptors (Lipinski definition) is 6. The van der Waals surface area contributed by atoms with Gasteiger partial charge in [0.05, 0.1) is 15.8 Å². The van der Waals surface area contributed by atoms with Crippen LogP contribution in [-0.4, -0.2) is 57.2 Å². The average Bonchev–Trinajstić information content (AvgIpc) is 3.58. The number of benzene rings is 1. The van der Waals surface area contributed by atoms with Crippen LogP contribution in [-0.2, 0) is 6.54 Å². The van der Waals surface area contributed by atoms with Gasteiger partial charge in [0, 0.05) is 23.0 Å². The van der Waals surface area contributed by atoms with Gasteiger partial charge in [0.2, 0.25) is 0 Å². The number of aromatic carboxylic acids is 1. The van der Waals surface area contributed by atoms with Gasteiger partial charge in [-0.2, -0.15) is 0 Å². The van der Waals surface area contributed by atoms with Gasteiger partial charge in [0.25, 0.3) is 0 Å². The molecule has 5 rings (SSSR count). The van der Waals surface area contributed by atoms with E-state index in [0.29, 0.717) is 27.3 Å². The van der Waals surface area contributed by atoms with E-state index in [-0.39, 0.29) is 23.7 Å². The number of likely N-dealkylation sites (tertiary alicyclic amines) is 1. The minimum absolute atomic E-state index is 0.0488. The second-order valence-corrected chi connectivity index (χ2v) is 11.1. The molecule has 2 N–H and O–H groups in total. The van der Waals surface area contributed by atoms with E-state index in [9.17, 15) is 23.1 Å². The molecule has 210 valence electrons. The molecule has 0 spiro atoms. The van der Waals surface area contributed by atoms with Crippen molar-refractivity contribution in [2.45, 2.75) is 51.7 Å². The lowest BCUT2D eigenvalue weighted by atomic mass is 10.1. The van der Waals surface area contributed by atoms with Crippen LogP contribution in [0.5, 0.6) is 5.75 Å². The first kappa shape index (κ1) is 28.9. The molecule has 39 heavy (non-hydrogen) atoms. The lowest BCUT2D eigenvalue weighted by Crippen LogP contribution is -2.39. The molecule has 0 unspecified atom stereocenters. The topological polar surface area (TPSA) is 105 Å². The number of rotatable bonds is 6. The molecule has 0 atom stereocenters. The number of aromatic nitrogens is 2. The Morgan fingerprint density at radius 2 is 1.95 bits per heavy atom. The molecular weight excluding hydrogens is 557 g/mol. The van der Waals surface area contributed by atoms with Crippen molar-refractivity contribution < 1.29 is 32.3 Å². The van der Waals surface area contributed by atoms with E-state index in [2.05, 4.69) is 28.6 Å². The van der Waals surface area contributed by atoms with E-state index in [1.165, 1.54) is 28.0 Å². The third-order valence-electron chi connectivity index (χ3n) is 6.28. The minimum Gasteiger partial charge on any atom is -0.675 e. The van der Waals surface area contributed by atoms with E-state index in [4.69, 9.17) is 21.9 Å². The van der Waals surface area contributed by atoms with Gasteiger partial charge in [-0.15, -0.1) is 30.5 Å². The standard InChI is InChI=1S/C18H10ClF3N2O4S.C8H17N2/c19-16-4-3-15(29-16)14-7-10(23-28-14)8-24-12-2-1-11(27-18(20,21)22)5-9(12)6-13(24)17(25)26;1-7(2)10-5-3-8(9)4-6-10/h1-7H,8H2,(H,25,26);7-9H,3-6H2,1-2H3/q;-1. The van der Waals surface area contributed by atoms with E-state index >= 15 is 0 Å². The summed E-state index contributed by atoms with van der Waals surface area (Å²) in [5, 5.41) is 13.7. The average molecular weight is 584 g/mol. The molecule has 1 fully saturated rings. The number of carboxylic acids is 1. The highest BCUT2D eigenvalue weighted by Gasteiger charge is 2.31. The second kappa shape index (κ2) is 12.0. The summed E-state index contributed by atoms with van der Waals surface area (Å²) in [5.74, 6) is -1.18. The van der Waals surface area contributed by atoms with E-state index in [1.54, 1.807) is 18.2 Å². The monoisotopic (exact) mass is 583 g/mol. The summed E-state index contributed by atoms with van der Waals surface area (Å²) in [6, 6.07) is 10.9. The van der Waals surface area contributed by atoms with Crippen LogP contribution in [0.15, 0.2) is 47.0 Å². The number of halogens is 4. The number of thiophene rings is 1. The maximum absolute atomic E-state index is 12.4. The summed E-state index contributed by atoms with van der Waals surface area (Å²) in [7, 11) is 0. The molecule has 4 heterocycles. The number of nitrogens with one attached hydrogen (secondary N) is 1. The van der Waals surface area contributed by atoms with Crippen LogP contribution in [0, 0.1) is 0 Å². The Balaban J connectivity index is 0.000000298. The van der Waals surface area contributed by atoms with Crippen LogP contribution in [0.25, 0.3) is 27.3 Å². The van der Waals surface area contributed by atoms with Crippen molar-refractivity contribution in [3.8, 4) is 16.4 Å². The second-order valence-electron chi connectivity index (χ2n) is 9.38. The number of carbonyl (C=O) groups is 1. The summed E-state index contributed by atoms with van der Waals surface area (Å²) in [6.07, 6.45) is -2.70. The number of piperidine rings is 1. The lowest BCUT2D eigenvalue weighted by Gasteiger charge is -2.36. The fraction of sp³-hybridized carbons (Fsp3) is 0.385. The molecule has 13 heteroatoms. The zero-order chi connectivity index (χ0) is 28.3. The Bertz CT molecular complexity index is 1420. The lowest BCUT2D eigenvalue weighted by molar-refractivity contribution is -0.274. The maximum Gasteiger partial charge on any atom is 0.573 e. The number of carboxylic acid groups (broad SMARTS) is 1. The molecule has 0 radical (unpaired) electrons. The fourth-order valence-corrected chi connectivity index (χ4v) is 5.31. The van der Waals surface area contributed by atoms with Crippen LogP contribution < -0.4 is 4.74 Å². The molecule has 1 saturated heterocycles. The molecule has 0 aliphatic carbocycles. The van der Waals surface area contributed by atoms with Gasteiger partial charge in [0.15, 0.2) is 5.76 Å². The predicted molar refractivity (Wildman–Crippen MR) is 144 cm³/mol. The Labute approximate surface area is 231 Å². The highest BCUT2D eigenvalue weighted by atomic mass is 35.5. The predicted octanol–water partition coefficient (Wildman–Crippen LogP) is 7.57. The summed E-state index contributed by atoms with van der Waals surface area (Å²) >= 11 is 7.22. The smallest absolute Gasteiger partial charge is 0.573 e. The Morgan fingerprint density at radius 1 is 1.23 bits per heavy atom. The number of alkyl halides is 3. The minimum atomic E-state index is -4.84. The summed E-state index contributed by atoms with van der Waals surface area (Å²) in [4.78, 5) is 14.8. The van der Waals surface area contributed by atoms with Gasteiger partial charge in [-0.3, -0.25) is 0 Å².